The highest BCUT2D eigenvalue weighted by Crippen LogP contribution is 2.30. The number of nitrogens with zero attached hydrogens (tertiary/aromatic N) is 2. The molecule has 1 saturated heterocycles. The molecule has 1 aromatic heterocycles. The maximum atomic E-state index is 12.7. The number of hydrogen-bond acceptors (Lipinski definition) is 4. The summed E-state index contributed by atoms with van der Waals surface area (Å²) in [7, 11) is 3.44. The van der Waals surface area contributed by atoms with Crippen LogP contribution in [0, 0.1) is 0 Å². The fraction of sp³-hybridized carbons (Fsp3) is 0.412. The molecule has 0 aliphatic carbocycles. The lowest BCUT2D eigenvalue weighted by molar-refractivity contribution is 0.0931. The first kappa shape index (κ1) is 15.6. The smallest absolute Gasteiger partial charge is 0.255 e. The van der Waals surface area contributed by atoms with E-state index in [4.69, 9.17) is 4.74 Å². The van der Waals surface area contributed by atoms with Gasteiger partial charge in [-0.1, -0.05) is 12.1 Å². The minimum absolute atomic E-state index is 0.0901. The second-order valence-corrected chi connectivity index (χ2v) is 5.78. The van der Waals surface area contributed by atoms with Crippen molar-refractivity contribution in [3.8, 4) is 17.0 Å². The van der Waals surface area contributed by atoms with Crippen LogP contribution in [0.2, 0.25) is 0 Å². The van der Waals surface area contributed by atoms with Crippen molar-refractivity contribution in [2.75, 3.05) is 20.2 Å². The van der Waals surface area contributed by atoms with E-state index in [-0.39, 0.29) is 11.9 Å². The molecule has 0 saturated carbocycles. The van der Waals surface area contributed by atoms with E-state index in [0.717, 1.165) is 31.5 Å². The monoisotopic (exact) mass is 314 g/mol. The van der Waals surface area contributed by atoms with Gasteiger partial charge in [0, 0.05) is 31.4 Å². The van der Waals surface area contributed by atoms with Crippen molar-refractivity contribution in [3.63, 3.8) is 0 Å². The Labute approximate surface area is 135 Å². The molecular weight excluding hydrogens is 292 g/mol. The predicted molar refractivity (Wildman–Crippen MR) is 88.6 cm³/mol. The Morgan fingerprint density at radius 1 is 1.43 bits per heavy atom. The highest BCUT2D eigenvalue weighted by atomic mass is 16.5. The van der Waals surface area contributed by atoms with Gasteiger partial charge in [-0.3, -0.25) is 9.48 Å². The van der Waals surface area contributed by atoms with Crippen LogP contribution < -0.4 is 15.4 Å². The molecule has 1 aromatic carbocycles. The minimum Gasteiger partial charge on any atom is -0.496 e. The van der Waals surface area contributed by atoms with E-state index >= 15 is 0 Å². The number of amides is 1. The molecule has 3 rings (SSSR count). The van der Waals surface area contributed by atoms with Crippen molar-refractivity contribution in [3.05, 3.63) is 36.0 Å². The second kappa shape index (κ2) is 6.83. The highest BCUT2D eigenvalue weighted by Gasteiger charge is 2.22. The Bertz CT molecular complexity index is 690. The lowest BCUT2D eigenvalue weighted by Gasteiger charge is -2.23. The highest BCUT2D eigenvalue weighted by molar-refractivity contribution is 6.00. The molecule has 2 aromatic rings. The molecule has 6 heteroatoms. The molecular formula is C17H22N4O2. The lowest BCUT2D eigenvalue weighted by atomic mass is 10.0. The molecule has 1 aliphatic rings. The standard InChI is InChI=1S/C17H22N4O2/c1-21-11-14(17(22)19-12-6-5-9-18-10-12)16(20-21)13-7-3-4-8-15(13)23-2/h3-4,7-8,11-12,18H,5-6,9-10H2,1-2H3,(H,19,22)/t12-/m0/s1. The van der Waals surface area contributed by atoms with Crippen LogP contribution in [-0.2, 0) is 7.05 Å². The summed E-state index contributed by atoms with van der Waals surface area (Å²) in [5, 5.41) is 10.9. The van der Waals surface area contributed by atoms with Crippen LogP contribution in [0.1, 0.15) is 23.2 Å². The summed E-state index contributed by atoms with van der Waals surface area (Å²) in [6.45, 7) is 1.84. The number of piperidine rings is 1. The maximum absolute atomic E-state index is 12.7. The van der Waals surface area contributed by atoms with Crippen LogP contribution in [0.4, 0.5) is 0 Å². The topological polar surface area (TPSA) is 68.2 Å². The van der Waals surface area contributed by atoms with Crippen molar-refractivity contribution >= 4 is 5.91 Å². The molecule has 1 atom stereocenters. The number of carbonyl (C=O) groups is 1. The molecule has 0 unspecified atom stereocenters. The average Bonchev–Trinajstić information content (AvgIpc) is 2.97. The van der Waals surface area contributed by atoms with E-state index in [9.17, 15) is 4.79 Å². The first-order chi connectivity index (χ1) is 11.2. The third kappa shape index (κ3) is 3.37. The zero-order valence-corrected chi connectivity index (χ0v) is 13.5. The van der Waals surface area contributed by atoms with E-state index in [0.29, 0.717) is 17.0 Å². The Kier molecular flexibility index (Phi) is 4.62. The number of benzene rings is 1. The zero-order chi connectivity index (χ0) is 16.2. The maximum Gasteiger partial charge on any atom is 0.255 e. The van der Waals surface area contributed by atoms with Crippen LogP contribution in [0.25, 0.3) is 11.3 Å². The zero-order valence-electron chi connectivity index (χ0n) is 13.5. The van der Waals surface area contributed by atoms with Crippen LogP contribution in [-0.4, -0.2) is 41.9 Å². The van der Waals surface area contributed by atoms with E-state index in [2.05, 4.69) is 15.7 Å². The molecule has 23 heavy (non-hydrogen) atoms. The average molecular weight is 314 g/mol. The summed E-state index contributed by atoms with van der Waals surface area (Å²) in [4.78, 5) is 12.7. The molecule has 1 aliphatic heterocycles. The number of rotatable bonds is 4. The van der Waals surface area contributed by atoms with Crippen LogP contribution in [0.15, 0.2) is 30.5 Å². The Hall–Kier alpha value is -2.34. The van der Waals surface area contributed by atoms with Gasteiger partial charge in [-0.15, -0.1) is 0 Å². The van der Waals surface area contributed by atoms with Crippen LogP contribution in [0.3, 0.4) is 0 Å². The summed E-state index contributed by atoms with van der Waals surface area (Å²) in [6.07, 6.45) is 3.84. The fourth-order valence-electron chi connectivity index (χ4n) is 2.93. The van der Waals surface area contributed by atoms with Gasteiger partial charge in [0.2, 0.25) is 0 Å². The number of carbonyl (C=O) groups excluding carboxylic acids is 1. The van der Waals surface area contributed by atoms with Gasteiger partial charge in [-0.05, 0) is 31.5 Å². The summed E-state index contributed by atoms with van der Waals surface area (Å²) < 4.78 is 7.07. The van der Waals surface area contributed by atoms with E-state index in [1.54, 1.807) is 18.0 Å². The largest absolute Gasteiger partial charge is 0.496 e. The normalized spacial score (nSPS) is 17.7. The van der Waals surface area contributed by atoms with Crippen LogP contribution >= 0.6 is 0 Å². The minimum atomic E-state index is -0.0901. The number of ether oxygens (including phenoxy) is 1. The van der Waals surface area contributed by atoms with Gasteiger partial charge in [-0.25, -0.2) is 0 Å². The summed E-state index contributed by atoms with van der Waals surface area (Å²) in [6, 6.07) is 7.77. The van der Waals surface area contributed by atoms with Crippen molar-refractivity contribution in [1.82, 2.24) is 20.4 Å². The molecule has 2 N–H and O–H groups in total. The molecule has 6 nitrogen and oxygen atoms in total. The summed E-state index contributed by atoms with van der Waals surface area (Å²) in [5.41, 5.74) is 2.04. The van der Waals surface area contributed by atoms with Gasteiger partial charge < -0.3 is 15.4 Å². The Morgan fingerprint density at radius 3 is 3.00 bits per heavy atom. The van der Waals surface area contributed by atoms with Crippen molar-refractivity contribution < 1.29 is 9.53 Å². The summed E-state index contributed by atoms with van der Waals surface area (Å²) >= 11 is 0. The van der Waals surface area contributed by atoms with Gasteiger partial charge in [0.05, 0.1) is 12.7 Å². The molecule has 1 fully saturated rings. The third-order valence-corrected chi connectivity index (χ3v) is 4.07. The first-order valence-corrected chi connectivity index (χ1v) is 7.87. The molecule has 1 amide bonds. The number of aromatic nitrogens is 2. The third-order valence-electron chi connectivity index (χ3n) is 4.07. The Balaban J connectivity index is 1.89. The Morgan fingerprint density at radius 2 is 2.26 bits per heavy atom. The lowest BCUT2D eigenvalue weighted by Crippen LogP contribution is -2.45. The number of nitrogens with one attached hydrogen (secondary N) is 2. The first-order valence-electron chi connectivity index (χ1n) is 7.87. The second-order valence-electron chi connectivity index (χ2n) is 5.78. The van der Waals surface area contributed by atoms with E-state index in [1.165, 1.54) is 0 Å². The summed E-state index contributed by atoms with van der Waals surface area (Å²) in [5.74, 6) is 0.618. The van der Waals surface area contributed by atoms with Gasteiger partial charge in [0.1, 0.15) is 11.4 Å². The van der Waals surface area contributed by atoms with Gasteiger partial charge in [0.15, 0.2) is 0 Å². The molecule has 2 heterocycles. The van der Waals surface area contributed by atoms with Gasteiger partial charge in [0.25, 0.3) is 5.91 Å². The number of hydrogen-bond donors (Lipinski definition) is 2. The van der Waals surface area contributed by atoms with Crippen molar-refractivity contribution in [2.45, 2.75) is 18.9 Å². The van der Waals surface area contributed by atoms with Gasteiger partial charge in [-0.2, -0.15) is 5.10 Å². The van der Waals surface area contributed by atoms with Gasteiger partial charge >= 0.3 is 0 Å². The van der Waals surface area contributed by atoms with Crippen molar-refractivity contribution in [2.24, 2.45) is 7.05 Å². The van der Waals surface area contributed by atoms with E-state index < -0.39 is 0 Å². The molecule has 0 bridgehead atoms. The van der Waals surface area contributed by atoms with Crippen LogP contribution in [0.5, 0.6) is 5.75 Å². The fourth-order valence-corrected chi connectivity index (χ4v) is 2.93. The number of para-hydroxylation sites is 1. The molecule has 0 spiro atoms. The molecule has 122 valence electrons. The number of aryl methyl sites for hydroxylation is 1. The SMILES string of the molecule is COc1ccccc1-c1nn(C)cc1C(=O)N[C@H]1CCCNC1. The predicted octanol–water partition coefficient (Wildman–Crippen LogP) is 1.58. The van der Waals surface area contributed by atoms with E-state index in [1.807, 2.05) is 31.3 Å². The quantitative estimate of drug-likeness (QED) is 0.899. The van der Waals surface area contributed by atoms with Crippen molar-refractivity contribution in [1.29, 1.82) is 0 Å². The number of methoxy groups -OCH3 is 1. The molecule has 0 radical (unpaired) electrons.